The lowest BCUT2D eigenvalue weighted by atomic mass is 9.93. The van der Waals surface area contributed by atoms with Gasteiger partial charge in [-0.3, -0.25) is 14.7 Å². The molecule has 0 saturated carbocycles. The van der Waals surface area contributed by atoms with Crippen LogP contribution in [0, 0.1) is 5.92 Å². The van der Waals surface area contributed by atoms with Crippen molar-refractivity contribution in [3.05, 3.63) is 65.7 Å². The number of carbonyl (C=O) groups excluding carboxylic acids is 1. The summed E-state index contributed by atoms with van der Waals surface area (Å²) >= 11 is 0. The van der Waals surface area contributed by atoms with Crippen LogP contribution in [-0.4, -0.2) is 45.6 Å². The van der Waals surface area contributed by atoms with E-state index in [1.54, 1.807) is 6.20 Å². The van der Waals surface area contributed by atoms with E-state index in [4.69, 9.17) is 4.52 Å². The van der Waals surface area contributed by atoms with E-state index in [-0.39, 0.29) is 17.9 Å². The Balaban J connectivity index is 1.29. The third-order valence-electron chi connectivity index (χ3n) is 6.59. The maximum Gasteiger partial charge on any atom is 0.234 e. The molecule has 0 aliphatic carbocycles. The fourth-order valence-corrected chi connectivity index (χ4v) is 4.48. The van der Waals surface area contributed by atoms with Crippen molar-refractivity contribution in [3.8, 4) is 11.5 Å². The molecule has 0 radical (unpaired) electrons. The predicted molar refractivity (Wildman–Crippen MR) is 132 cm³/mol. The number of carbonyl (C=O) groups is 1. The molecule has 4 rings (SSSR count). The Labute approximate surface area is 202 Å². The second-order valence-corrected chi connectivity index (χ2v) is 9.83. The van der Waals surface area contributed by atoms with Crippen molar-refractivity contribution in [2.75, 3.05) is 19.6 Å². The van der Waals surface area contributed by atoms with Gasteiger partial charge in [-0.1, -0.05) is 63.2 Å². The van der Waals surface area contributed by atoms with Gasteiger partial charge in [-0.25, -0.2) is 0 Å². The van der Waals surface area contributed by atoms with Gasteiger partial charge >= 0.3 is 0 Å². The van der Waals surface area contributed by atoms with Crippen molar-refractivity contribution in [1.29, 1.82) is 0 Å². The molecule has 0 bridgehead atoms. The van der Waals surface area contributed by atoms with E-state index in [0.717, 1.165) is 31.5 Å². The van der Waals surface area contributed by atoms with Crippen LogP contribution in [0.1, 0.15) is 75.4 Å². The highest BCUT2D eigenvalue weighted by molar-refractivity contribution is 5.78. The zero-order valence-electron chi connectivity index (χ0n) is 20.6. The summed E-state index contributed by atoms with van der Waals surface area (Å²) in [7, 11) is 0. The molecule has 1 aliphatic rings. The van der Waals surface area contributed by atoms with Gasteiger partial charge in [0.1, 0.15) is 5.69 Å². The number of hydrogen-bond acceptors (Lipinski definition) is 6. The van der Waals surface area contributed by atoms with Crippen LogP contribution in [0.25, 0.3) is 11.5 Å². The Bertz CT molecular complexity index is 1050. The molecule has 180 valence electrons. The van der Waals surface area contributed by atoms with Crippen molar-refractivity contribution >= 4 is 5.91 Å². The van der Waals surface area contributed by atoms with E-state index in [2.05, 4.69) is 77.3 Å². The summed E-state index contributed by atoms with van der Waals surface area (Å²) < 4.78 is 5.53. The molecule has 3 aromatic rings. The van der Waals surface area contributed by atoms with Gasteiger partial charge in [-0.05, 0) is 61.0 Å². The lowest BCUT2D eigenvalue weighted by Crippen LogP contribution is -2.43. The summed E-state index contributed by atoms with van der Waals surface area (Å²) in [6.07, 6.45) is 3.50. The van der Waals surface area contributed by atoms with E-state index in [0.29, 0.717) is 35.8 Å². The van der Waals surface area contributed by atoms with Gasteiger partial charge in [0.15, 0.2) is 0 Å². The van der Waals surface area contributed by atoms with Crippen molar-refractivity contribution in [1.82, 2.24) is 25.3 Å². The maximum atomic E-state index is 12.9. The second-order valence-electron chi connectivity index (χ2n) is 9.83. The minimum Gasteiger partial charge on any atom is -0.348 e. The number of benzene rings is 1. The lowest BCUT2D eigenvalue weighted by molar-refractivity contribution is -0.123. The average Bonchev–Trinajstić information content (AvgIpc) is 3.34. The molecule has 3 heterocycles. The van der Waals surface area contributed by atoms with Crippen LogP contribution in [-0.2, 0) is 4.79 Å². The maximum absolute atomic E-state index is 12.9. The number of nitrogens with one attached hydrogen (secondary N) is 1. The largest absolute Gasteiger partial charge is 0.348 e. The zero-order valence-corrected chi connectivity index (χ0v) is 20.6. The van der Waals surface area contributed by atoms with Crippen molar-refractivity contribution in [3.63, 3.8) is 0 Å². The third-order valence-corrected chi connectivity index (χ3v) is 6.59. The molecule has 1 saturated heterocycles. The topological polar surface area (TPSA) is 84.2 Å². The van der Waals surface area contributed by atoms with E-state index in [1.807, 2.05) is 18.2 Å². The average molecular weight is 462 g/mol. The quantitative estimate of drug-likeness (QED) is 0.511. The van der Waals surface area contributed by atoms with Gasteiger partial charge in [0, 0.05) is 12.1 Å². The van der Waals surface area contributed by atoms with Gasteiger partial charge in [-0.2, -0.15) is 4.98 Å². The molecule has 7 nitrogen and oxygen atoms in total. The Morgan fingerprint density at radius 1 is 1.06 bits per heavy atom. The van der Waals surface area contributed by atoms with Crippen LogP contribution in [0.4, 0.5) is 0 Å². The Kier molecular flexibility index (Phi) is 7.73. The molecule has 1 atom stereocenters. The molecule has 0 spiro atoms. The van der Waals surface area contributed by atoms with Crippen molar-refractivity contribution in [2.45, 2.75) is 58.4 Å². The van der Waals surface area contributed by atoms with Crippen LogP contribution >= 0.6 is 0 Å². The number of piperidine rings is 1. The lowest BCUT2D eigenvalue weighted by Gasteiger charge is -2.31. The highest BCUT2D eigenvalue weighted by Gasteiger charge is 2.27. The van der Waals surface area contributed by atoms with Crippen LogP contribution in [0.3, 0.4) is 0 Å². The smallest absolute Gasteiger partial charge is 0.234 e. The Hall–Kier alpha value is -3.06. The first-order chi connectivity index (χ1) is 16.4. The van der Waals surface area contributed by atoms with Gasteiger partial charge in [0.25, 0.3) is 0 Å². The SMILES string of the molecule is CC(C)c1ccc(C(NC(=O)CN2CCC(c3nc(-c4ccccn4)no3)CC2)C(C)C)cc1. The summed E-state index contributed by atoms with van der Waals surface area (Å²) in [5, 5.41) is 7.36. The summed E-state index contributed by atoms with van der Waals surface area (Å²) in [6.45, 7) is 10.7. The van der Waals surface area contributed by atoms with Crippen molar-refractivity contribution in [2.24, 2.45) is 5.92 Å². The molecule has 1 aliphatic heterocycles. The molecule has 1 N–H and O–H groups in total. The van der Waals surface area contributed by atoms with E-state index < -0.39 is 0 Å². The van der Waals surface area contributed by atoms with Crippen LogP contribution in [0.2, 0.25) is 0 Å². The molecule has 1 amide bonds. The standard InChI is InChI=1S/C27H35N5O2/c1-18(2)20-8-10-21(11-9-20)25(19(3)4)29-24(33)17-32-15-12-22(13-16-32)27-30-26(31-34-27)23-7-5-6-14-28-23/h5-11,14,18-19,22,25H,12-13,15-17H2,1-4H3,(H,29,33). The summed E-state index contributed by atoms with van der Waals surface area (Å²) in [6, 6.07) is 14.3. The monoisotopic (exact) mass is 461 g/mol. The second kappa shape index (κ2) is 10.9. The van der Waals surface area contributed by atoms with Gasteiger partial charge < -0.3 is 9.84 Å². The van der Waals surface area contributed by atoms with Crippen LogP contribution in [0.5, 0.6) is 0 Å². The number of pyridine rings is 1. The molecule has 1 aromatic carbocycles. The first-order valence-electron chi connectivity index (χ1n) is 12.3. The Morgan fingerprint density at radius 3 is 2.38 bits per heavy atom. The molecule has 34 heavy (non-hydrogen) atoms. The first-order valence-corrected chi connectivity index (χ1v) is 12.3. The van der Waals surface area contributed by atoms with Gasteiger partial charge in [0.2, 0.25) is 17.6 Å². The first kappa shape index (κ1) is 24.1. The normalized spacial score (nSPS) is 16.2. The van der Waals surface area contributed by atoms with Gasteiger partial charge in [0.05, 0.1) is 12.6 Å². The minimum atomic E-state index is 0.00895. The summed E-state index contributed by atoms with van der Waals surface area (Å²) in [4.78, 5) is 23.9. The predicted octanol–water partition coefficient (Wildman–Crippen LogP) is 4.95. The van der Waals surface area contributed by atoms with E-state index >= 15 is 0 Å². The number of amides is 1. The molecule has 2 aromatic heterocycles. The number of nitrogens with zero attached hydrogens (tertiary/aromatic N) is 4. The van der Waals surface area contributed by atoms with Crippen LogP contribution < -0.4 is 5.32 Å². The molecule has 7 heteroatoms. The van der Waals surface area contributed by atoms with Gasteiger partial charge in [-0.15, -0.1) is 0 Å². The molecule has 1 fully saturated rings. The number of hydrogen-bond donors (Lipinski definition) is 1. The number of rotatable bonds is 8. The number of likely N-dealkylation sites (tertiary alicyclic amines) is 1. The van der Waals surface area contributed by atoms with E-state index in [9.17, 15) is 4.79 Å². The number of aromatic nitrogens is 3. The molecule has 1 unspecified atom stereocenters. The highest BCUT2D eigenvalue weighted by atomic mass is 16.5. The summed E-state index contributed by atoms with van der Waals surface area (Å²) in [5.41, 5.74) is 3.19. The van der Waals surface area contributed by atoms with Crippen molar-refractivity contribution < 1.29 is 9.32 Å². The third kappa shape index (κ3) is 5.89. The zero-order chi connectivity index (χ0) is 24.1. The molecular formula is C27H35N5O2. The van der Waals surface area contributed by atoms with Crippen LogP contribution in [0.15, 0.2) is 53.2 Å². The fraction of sp³-hybridized carbons (Fsp3) is 0.481. The fourth-order valence-electron chi connectivity index (χ4n) is 4.48. The highest BCUT2D eigenvalue weighted by Crippen LogP contribution is 2.28. The molecular weight excluding hydrogens is 426 g/mol. The summed E-state index contributed by atoms with van der Waals surface area (Å²) in [5.74, 6) is 2.28. The minimum absolute atomic E-state index is 0.00895. The Morgan fingerprint density at radius 2 is 1.76 bits per heavy atom. The van der Waals surface area contributed by atoms with E-state index in [1.165, 1.54) is 5.56 Å².